The van der Waals surface area contributed by atoms with Crippen molar-refractivity contribution in [2.24, 2.45) is 0 Å². The van der Waals surface area contributed by atoms with Gasteiger partial charge in [0.15, 0.2) is 0 Å². The van der Waals surface area contributed by atoms with Crippen LogP contribution in [0, 0.1) is 0 Å². The predicted molar refractivity (Wildman–Crippen MR) is 110 cm³/mol. The molecule has 0 fully saturated rings. The van der Waals surface area contributed by atoms with Gasteiger partial charge in [0, 0.05) is 0 Å². The quantitative estimate of drug-likeness (QED) is 0.396. The summed E-state index contributed by atoms with van der Waals surface area (Å²) in [4.78, 5) is 0. The number of hydrogen-bond acceptors (Lipinski definition) is 0. The molecule has 1 aliphatic carbocycles. The van der Waals surface area contributed by atoms with Crippen LogP contribution in [-0.2, 0) is 0 Å². The van der Waals surface area contributed by atoms with Crippen molar-refractivity contribution < 1.29 is 0 Å². The summed E-state index contributed by atoms with van der Waals surface area (Å²) < 4.78 is 0. The van der Waals surface area contributed by atoms with Crippen LogP contribution in [0.2, 0.25) is 0 Å². The van der Waals surface area contributed by atoms with Crippen molar-refractivity contribution in [2.45, 2.75) is 77.0 Å². The van der Waals surface area contributed by atoms with E-state index in [1.165, 1.54) is 77.0 Å². The minimum absolute atomic E-state index is 1.17. The Hall–Kier alpha value is -1.56. The molecule has 0 spiro atoms. The van der Waals surface area contributed by atoms with E-state index < -0.39 is 0 Å². The second-order valence-corrected chi connectivity index (χ2v) is 6.29. The molecule has 0 aromatic carbocycles. The van der Waals surface area contributed by atoms with Gasteiger partial charge in [-0.1, -0.05) is 72.9 Å². The molecule has 1 aliphatic rings. The van der Waals surface area contributed by atoms with Crippen molar-refractivity contribution in [2.75, 3.05) is 0 Å². The highest BCUT2D eigenvalue weighted by Gasteiger charge is 1.83. The molecule has 24 heavy (non-hydrogen) atoms. The molecule has 0 aliphatic heterocycles. The van der Waals surface area contributed by atoms with Crippen molar-refractivity contribution in [3.05, 3.63) is 72.9 Å². The minimum atomic E-state index is 1.17. The molecule has 0 aromatic rings. The van der Waals surface area contributed by atoms with E-state index >= 15 is 0 Å². The van der Waals surface area contributed by atoms with Crippen molar-refractivity contribution in [3.8, 4) is 0 Å². The molecule has 0 heterocycles. The van der Waals surface area contributed by atoms with E-state index in [-0.39, 0.29) is 0 Å². The fourth-order valence-corrected chi connectivity index (χ4v) is 2.57. The van der Waals surface area contributed by atoms with E-state index in [4.69, 9.17) is 0 Å². The van der Waals surface area contributed by atoms with Crippen LogP contribution in [0.25, 0.3) is 0 Å². The molecule has 132 valence electrons. The van der Waals surface area contributed by atoms with Gasteiger partial charge in [-0.25, -0.2) is 0 Å². The molecule has 0 saturated heterocycles. The van der Waals surface area contributed by atoms with Crippen molar-refractivity contribution in [1.82, 2.24) is 0 Å². The zero-order valence-corrected chi connectivity index (χ0v) is 15.4. The lowest BCUT2D eigenvalue weighted by atomic mass is 10.1. The Balaban J connectivity index is 2.29. The molecule has 0 radical (unpaired) electrons. The third-order valence-corrected chi connectivity index (χ3v) is 4.00. The van der Waals surface area contributed by atoms with E-state index in [0.717, 1.165) is 0 Å². The maximum Gasteiger partial charge on any atom is -0.0316 e. The zero-order chi connectivity index (χ0) is 17.0. The van der Waals surface area contributed by atoms with Gasteiger partial charge in [0.25, 0.3) is 0 Å². The van der Waals surface area contributed by atoms with Gasteiger partial charge < -0.3 is 0 Å². The number of allylic oxidation sites excluding steroid dienone is 12. The normalized spacial score (nSPS) is 26.7. The molecule has 0 heteroatoms. The average Bonchev–Trinajstić information content (AvgIpc) is 2.59. The van der Waals surface area contributed by atoms with Gasteiger partial charge in [-0.15, -0.1) is 0 Å². The molecular formula is C24H36. The monoisotopic (exact) mass is 324 g/mol. The predicted octanol–water partition coefficient (Wildman–Crippen LogP) is 8.02. The van der Waals surface area contributed by atoms with Gasteiger partial charge in [0.2, 0.25) is 0 Å². The first-order valence-corrected chi connectivity index (χ1v) is 9.90. The summed E-state index contributed by atoms with van der Waals surface area (Å²) in [5.74, 6) is 0. The molecule has 0 nitrogen and oxygen atoms in total. The highest BCUT2D eigenvalue weighted by atomic mass is 13.9. The third kappa shape index (κ3) is 15.3. The topological polar surface area (TPSA) is 0 Å². The van der Waals surface area contributed by atoms with Gasteiger partial charge in [-0.05, 0) is 77.0 Å². The van der Waals surface area contributed by atoms with Gasteiger partial charge in [-0.3, -0.25) is 0 Å². The summed E-state index contributed by atoms with van der Waals surface area (Å²) in [6.45, 7) is 0. The van der Waals surface area contributed by atoms with Gasteiger partial charge in [0.1, 0.15) is 0 Å². The second-order valence-electron chi connectivity index (χ2n) is 6.29. The van der Waals surface area contributed by atoms with E-state index in [0.29, 0.717) is 0 Å². The third-order valence-electron chi connectivity index (χ3n) is 4.00. The summed E-state index contributed by atoms with van der Waals surface area (Å²) in [5, 5.41) is 0. The molecule has 0 bridgehead atoms. The highest BCUT2D eigenvalue weighted by molar-refractivity contribution is 4.94. The summed E-state index contributed by atoms with van der Waals surface area (Å²) in [7, 11) is 0. The largest absolute Gasteiger partial charge is 0.0882 e. The Labute approximate surface area is 150 Å². The Morgan fingerprint density at radius 3 is 0.333 bits per heavy atom. The molecule has 1 rings (SSSR count). The van der Waals surface area contributed by atoms with Crippen molar-refractivity contribution in [3.63, 3.8) is 0 Å². The average molecular weight is 325 g/mol. The summed E-state index contributed by atoms with van der Waals surface area (Å²) in [6.07, 6.45) is 42.0. The fraction of sp³-hybridized carbons (Fsp3) is 0.500. The molecule has 0 aromatic heterocycles. The van der Waals surface area contributed by atoms with E-state index in [1.807, 2.05) is 0 Å². The van der Waals surface area contributed by atoms with Crippen LogP contribution >= 0.6 is 0 Å². The molecular weight excluding hydrogens is 288 g/mol. The Morgan fingerprint density at radius 2 is 0.250 bits per heavy atom. The minimum Gasteiger partial charge on any atom is -0.0882 e. The first-order valence-electron chi connectivity index (χ1n) is 9.90. The van der Waals surface area contributed by atoms with Crippen LogP contribution in [0.3, 0.4) is 0 Å². The van der Waals surface area contributed by atoms with Crippen LogP contribution in [0.5, 0.6) is 0 Å². The molecule has 0 amide bonds. The Kier molecular flexibility index (Phi) is 15.2. The fourth-order valence-electron chi connectivity index (χ4n) is 2.57. The van der Waals surface area contributed by atoms with Crippen molar-refractivity contribution in [1.29, 1.82) is 0 Å². The zero-order valence-electron chi connectivity index (χ0n) is 15.4. The standard InChI is InChI=1S/C24H36/c1-2-4-6-8-10-12-14-16-18-20-22-24-23-21-19-17-15-13-11-9-7-5-3-1/h1-2,7-10,15-18,23-24H,3-6,11-14,19-22H2/b2-1-,9-7+,10-8+,17-15+,18-16?,24-23+. The molecule has 0 N–H and O–H groups in total. The van der Waals surface area contributed by atoms with Gasteiger partial charge in [0.05, 0.1) is 0 Å². The lowest BCUT2D eigenvalue weighted by molar-refractivity contribution is 0.962. The van der Waals surface area contributed by atoms with Crippen LogP contribution < -0.4 is 0 Å². The van der Waals surface area contributed by atoms with E-state index in [1.54, 1.807) is 0 Å². The number of rotatable bonds is 0. The summed E-state index contributed by atoms with van der Waals surface area (Å²) >= 11 is 0. The Morgan fingerprint density at radius 1 is 0.167 bits per heavy atom. The molecule has 0 unspecified atom stereocenters. The summed E-state index contributed by atoms with van der Waals surface area (Å²) in [6, 6.07) is 0. The van der Waals surface area contributed by atoms with E-state index in [9.17, 15) is 0 Å². The van der Waals surface area contributed by atoms with Gasteiger partial charge >= 0.3 is 0 Å². The highest BCUT2D eigenvalue weighted by Crippen LogP contribution is 2.03. The van der Waals surface area contributed by atoms with Crippen LogP contribution in [-0.4, -0.2) is 0 Å². The Bertz CT molecular complexity index is 284. The van der Waals surface area contributed by atoms with Crippen molar-refractivity contribution >= 4 is 0 Å². The first kappa shape index (κ1) is 20.5. The SMILES string of the molecule is C1=CCC/C=C/CC/C=C/CC/C=C/CC/C=C\CC/C=C/CC1. The molecule has 0 atom stereocenters. The van der Waals surface area contributed by atoms with Crippen LogP contribution in [0.15, 0.2) is 72.9 Å². The number of hydrogen-bond donors (Lipinski definition) is 0. The smallest absolute Gasteiger partial charge is 0.0316 e. The maximum atomic E-state index is 2.33. The van der Waals surface area contributed by atoms with Crippen LogP contribution in [0.1, 0.15) is 77.0 Å². The molecule has 0 saturated carbocycles. The maximum absolute atomic E-state index is 2.33. The lowest BCUT2D eigenvalue weighted by Crippen LogP contribution is -1.71. The second kappa shape index (κ2) is 17.8. The lowest BCUT2D eigenvalue weighted by Gasteiger charge is -1.92. The summed E-state index contributed by atoms with van der Waals surface area (Å²) in [5.41, 5.74) is 0. The van der Waals surface area contributed by atoms with E-state index in [2.05, 4.69) is 72.9 Å². The first-order chi connectivity index (χ1) is 12.0. The van der Waals surface area contributed by atoms with Gasteiger partial charge in [-0.2, -0.15) is 0 Å². The van der Waals surface area contributed by atoms with Crippen LogP contribution in [0.4, 0.5) is 0 Å².